The molecule has 2 rings (SSSR count). The summed E-state index contributed by atoms with van der Waals surface area (Å²) in [4.78, 5) is 27.5. The van der Waals surface area contributed by atoms with Gasteiger partial charge in [0.1, 0.15) is 6.04 Å². The average Bonchev–Trinajstić information content (AvgIpc) is 2.92. The minimum atomic E-state index is -0.462. The number of carbonyl (C=O) groups is 2. The minimum absolute atomic E-state index is 0.0224. The van der Waals surface area contributed by atoms with Crippen molar-refractivity contribution in [3.63, 3.8) is 0 Å². The molecule has 0 bridgehead atoms. The Labute approximate surface area is 107 Å². The maximum Gasteiger partial charge on any atom is 0.318 e. The number of nitrogens with zero attached hydrogens (tertiary/aromatic N) is 2. The third kappa shape index (κ3) is 3.13. The molecule has 3 amide bonds. The first-order valence-electron chi connectivity index (χ1n) is 6.60. The highest BCUT2D eigenvalue weighted by Gasteiger charge is 2.26. The number of hydrogen-bond acceptors (Lipinski definition) is 3. The average molecular weight is 255 g/mol. The molecule has 0 saturated carbocycles. The molecule has 102 valence electrons. The second kappa shape index (κ2) is 6.04. The van der Waals surface area contributed by atoms with E-state index in [1.807, 2.05) is 0 Å². The molecule has 1 N–H and O–H groups in total. The molecule has 1 atom stereocenters. The van der Waals surface area contributed by atoms with Gasteiger partial charge in [0.15, 0.2) is 0 Å². The van der Waals surface area contributed by atoms with Crippen molar-refractivity contribution in [2.75, 3.05) is 39.4 Å². The highest BCUT2D eigenvalue weighted by Crippen LogP contribution is 2.08. The van der Waals surface area contributed by atoms with Gasteiger partial charge in [-0.15, -0.1) is 0 Å². The molecule has 0 aliphatic carbocycles. The van der Waals surface area contributed by atoms with Gasteiger partial charge in [-0.05, 0) is 19.8 Å². The third-order valence-corrected chi connectivity index (χ3v) is 3.43. The van der Waals surface area contributed by atoms with E-state index in [0.29, 0.717) is 26.3 Å². The molecule has 0 aromatic heterocycles. The molecule has 2 aliphatic heterocycles. The molecule has 2 aliphatic rings. The zero-order chi connectivity index (χ0) is 13.0. The second-order valence-corrected chi connectivity index (χ2v) is 4.80. The summed E-state index contributed by atoms with van der Waals surface area (Å²) in [5.74, 6) is -0.0224. The van der Waals surface area contributed by atoms with E-state index in [-0.39, 0.29) is 11.9 Å². The maximum absolute atomic E-state index is 12.1. The van der Waals surface area contributed by atoms with Crippen LogP contribution in [-0.2, 0) is 9.53 Å². The number of likely N-dealkylation sites (tertiary alicyclic amines) is 1. The highest BCUT2D eigenvalue weighted by atomic mass is 16.5. The van der Waals surface area contributed by atoms with Crippen LogP contribution in [0.5, 0.6) is 0 Å². The van der Waals surface area contributed by atoms with Crippen molar-refractivity contribution in [2.24, 2.45) is 0 Å². The molecule has 18 heavy (non-hydrogen) atoms. The van der Waals surface area contributed by atoms with Crippen LogP contribution in [0.2, 0.25) is 0 Å². The van der Waals surface area contributed by atoms with Crippen LogP contribution in [0.1, 0.15) is 19.8 Å². The maximum atomic E-state index is 12.1. The Balaban J connectivity index is 1.80. The molecule has 0 spiro atoms. The fraction of sp³-hybridized carbons (Fsp3) is 0.833. The van der Waals surface area contributed by atoms with Crippen LogP contribution in [0.15, 0.2) is 0 Å². The lowest BCUT2D eigenvalue weighted by Crippen LogP contribution is -2.52. The molecule has 0 aromatic rings. The van der Waals surface area contributed by atoms with Crippen molar-refractivity contribution in [1.29, 1.82) is 0 Å². The van der Waals surface area contributed by atoms with Crippen molar-refractivity contribution in [1.82, 2.24) is 15.1 Å². The van der Waals surface area contributed by atoms with E-state index in [4.69, 9.17) is 4.74 Å². The molecule has 0 aromatic carbocycles. The molecule has 1 unspecified atom stereocenters. The Morgan fingerprint density at radius 3 is 2.28 bits per heavy atom. The zero-order valence-corrected chi connectivity index (χ0v) is 10.9. The molecule has 6 heteroatoms. The Hall–Kier alpha value is -1.30. The summed E-state index contributed by atoms with van der Waals surface area (Å²) < 4.78 is 5.20. The van der Waals surface area contributed by atoms with Crippen molar-refractivity contribution < 1.29 is 14.3 Å². The number of amides is 3. The van der Waals surface area contributed by atoms with Gasteiger partial charge in [-0.3, -0.25) is 4.79 Å². The summed E-state index contributed by atoms with van der Waals surface area (Å²) in [6, 6.07) is -0.585. The van der Waals surface area contributed by atoms with Crippen LogP contribution in [0.25, 0.3) is 0 Å². The SMILES string of the molecule is CC(NC(=O)N1CCCC1)C(=O)N1CCOCC1. The Kier molecular flexibility index (Phi) is 4.41. The highest BCUT2D eigenvalue weighted by molar-refractivity contribution is 5.86. The number of morpholine rings is 1. The molecular weight excluding hydrogens is 234 g/mol. The number of urea groups is 1. The van der Waals surface area contributed by atoms with Gasteiger partial charge < -0.3 is 19.9 Å². The lowest BCUT2D eigenvalue weighted by molar-refractivity contribution is -0.136. The smallest absolute Gasteiger partial charge is 0.318 e. The van der Waals surface area contributed by atoms with E-state index in [0.717, 1.165) is 25.9 Å². The molecule has 6 nitrogen and oxygen atoms in total. The summed E-state index contributed by atoms with van der Waals surface area (Å²) in [5.41, 5.74) is 0. The minimum Gasteiger partial charge on any atom is -0.378 e. The number of carbonyl (C=O) groups excluding carboxylic acids is 2. The van der Waals surface area contributed by atoms with Gasteiger partial charge in [0.2, 0.25) is 5.91 Å². The van der Waals surface area contributed by atoms with E-state index in [1.54, 1.807) is 16.7 Å². The first kappa shape index (κ1) is 13.1. The Morgan fingerprint density at radius 1 is 1.06 bits per heavy atom. The van der Waals surface area contributed by atoms with Crippen LogP contribution in [-0.4, -0.2) is 67.2 Å². The molecule has 2 fully saturated rings. The van der Waals surface area contributed by atoms with Gasteiger partial charge in [-0.2, -0.15) is 0 Å². The first-order chi connectivity index (χ1) is 8.68. The van der Waals surface area contributed by atoms with Gasteiger partial charge in [0, 0.05) is 26.2 Å². The first-order valence-corrected chi connectivity index (χ1v) is 6.60. The van der Waals surface area contributed by atoms with E-state index in [1.165, 1.54) is 0 Å². The lowest BCUT2D eigenvalue weighted by atomic mass is 10.2. The van der Waals surface area contributed by atoms with Crippen LogP contribution in [0, 0.1) is 0 Å². The van der Waals surface area contributed by atoms with Crippen molar-refractivity contribution in [3.8, 4) is 0 Å². The molecule has 0 radical (unpaired) electrons. The summed E-state index contributed by atoms with van der Waals surface area (Å²) in [6.45, 7) is 5.73. The largest absolute Gasteiger partial charge is 0.378 e. The third-order valence-electron chi connectivity index (χ3n) is 3.43. The number of hydrogen-bond donors (Lipinski definition) is 1. The molecule has 2 saturated heterocycles. The van der Waals surface area contributed by atoms with E-state index in [9.17, 15) is 9.59 Å². The van der Waals surface area contributed by atoms with Crippen molar-refractivity contribution in [2.45, 2.75) is 25.8 Å². The standard InChI is InChI=1S/C12H21N3O3/c1-10(11(16)14-6-8-18-9-7-14)13-12(17)15-4-2-3-5-15/h10H,2-9H2,1H3,(H,13,17). The van der Waals surface area contributed by atoms with Gasteiger partial charge >= 0.3 is 6.03 Å². The van der Waals surface area contributed by atoms with Gasteiger partial charge in [-0.25, -0.2) is 4.79 Å². The summed E-state index contributed by atoms with van der Waals surface area (Å²) in [7, 11) is 0. The van der Waals surface area contributed by atoms with Gasteiger partial charge in [-0.1, -0.05) is 0 Å². The predicted octanol–water partition coefficient (Wildman–Crippen LogP) is 0.0391. The van der Waals surface area contributed by atoms with Crippen LogP contribution >= 0.6 is 0 Å². The number of ether oxygens (including phenoxy) is 1. The van der Waals surface area contributed by atoms with Crippen LogP contribution in [0.3, 0.4) is 0 Å². The van der Waals surface area contributed by atoms with E-state index < -0.39 is 6.04 Å². The molecule has 2 heterocycles. The number of nitrogens with one attached hydrogen (secondary N) is 1. The van der Waals surface area contributed by atoms with Gasteiger partial charge in [0.25, 0.3) is 0 Å². The lowest BCUT2D eigenvalue weighted by Gasteiger charge is -2.30. The van der Waals surface area contributed by atoms with Crippen molar-refractivity contribution in [3.05, 3.63) is 0 Å². The topological polar surface area (TPSA) is 61.9 Å². The second-order valence-electron chi connectivity index (χ2n) is 4.80. The van der Waals surface area contributed by atoms with E-state index in [2.05, 4.69) is 5.32 Å². The predicted molar refractivity (Wildman–Crippen MR) is 66.2 cm³/mol. The number of rotatable bonds is 2. The van der Waals surface area contributed by atoms with Gasteiger partial charge in [0.05, 0.1) is 13.2 Å². The quantitative estimate of drug-likeness (QED) is 0.758. The Morgan fingerprint density at radius 2 is 1.67 bits per heavy atom. The molecular formula is C12H21N3O3. The summed E-state index contributed by atoms with van der Waals surface area (Å²) in [6.07, 6.45) is 2.11. The van der Waals surface area contributed by atoms with Crippen LogP contribution < -0.4 is 5.32 Å². The Bertz CT molecular complexity index is 310. The monoisotopic (exact) mass is 255 g/mol. The summed E-state index contributed by atoms with van der Waals surface area (Å²) in [5, 5.41) is 2.77. The van der Waals surface area contributed by atoms with Crippen molar-refractivity contribution >= 4 is 11.9 Å². The fourth-order valence-electron chi connectivity index (χ4n) is 2.32. The fourth-order valence-corrected chi connectivity index (χ4v) is 2.32. The van der Waals surface area contributed by atoms with Crippen LogP contribution in [0.4, 0.5) is 4.79 Å². The normalized spacial score (nSPS) is 21.8. The van der Waals surface area contributed by atoms with E-state index >= 15 is 0 Å². The summed E-state index contributed by atoms with van der Waals surface area (Å²) >= 11 is 0. The zero-order valence-electron chi connectivity index (χ0n) is 10.9.